The summed E-state index contributed by atoms with van der Waals surface area (Å²) in [5.74, 6) is 0.200. The molecule has 22 heavy (non-hydrogen) atoms. The summed E-state index contributed by atoms with van der Waals surface area (Å²) in [5, 5.41) is 7.48. The van der Waals surface area contributed by atoms with Crippen LogP contribution in [0.3, 0.4) is 0 Å². The van der Waals surface area contributed by atoms with Crippen LogP contribution in [-0.4, -0.2) is 38.7 Å². The largest absolute Gasteiger partial charge is 0.340 e. The molecule has 1 fully saturated rings. The molecule has 0 bridgehead atoms. The van der Waals surface area contributed by atoms with Gasteiger partial charge in [0, 0.05) is 17.8 Å². The van der Waals surface area contributed by atoms with Crippen LogP contribution in [0.2, 0.25) is 0 Å². The molecule has 0 aliphatic carbocycles. The Morgan fingerprint density at radius 2 is 2.27 bits per heavy atom. The van der Waals surface area contributed by atoms with E-state index in [9.17, 15) is 4.79 Å². The van der Waals surface area contributed by atoms with Crippen molar-refractivity contribution in [1.82, 2.24) is 19.7 Å². The zero-order chi connectivity index (χ0) is 14.9. The van der Waals surface area contributed by atoms with Gasteiger partial charge in [-0.15, -0.1) is 11.3 Å². The summed E-state index contributed by atoms with van der Waals surface area (Å²) >= 11 is 1.70. The average molecular weight is 312 g/mol. The molecule has 2 aromatic heterocycles. The predicted octanol–water partition coefficient (Wildman–Crippen LogP) is 2.51. The van der Waals surface area contributed by atoms with Crippen LogP contribution in [0, 0.1) is 0 Å². The van der Waals surface area contributed by atoms with Crippen LogP contribution in [-0.2, 0) is 11.2 Å². The standard InChI is InChI=1S/C16H16N4OS/c21-16(7-12-9-22-15-4-2-1-3-14(12)15)19-6-5-13(8-19)20-11-17-10-18-20/h1-4,9-11,13H,5-8H2. The molecule has 1 aliphatic heterocycles. The van der Waals surface area contributed by atoms with Crippen LogP contribution < -0.4 is 0 Å². The van der Waals surface area contributed by atoms with Crippen LogP contribution in [0.5, 0.6) is 0 Å². The topological polar surface area (TPSA) is 51.0 Å². The maximum Gasteiger partial charge on any atom is 0.227 e. The molecular weight excluding hydrogens is 296 g/mol. The Labute approximate surface area is 132 Å². The Morgan fingerprint density at radius 1 is 1.36 bits per heavy atom. The van der Waals surface area contributed by atoms with Crippen molar-refractivity contribution in [3.05, 3.63) is 47.9 Å². The van der Waals surface area contributed by atoms with Crippen LogP contribution in [0.1, 0.15) is 18.0 Å². The molecule has 1 amide bonds. The summed E-state index contributed by atoms with van der Waals surface area (Å²) < 4.78 is 3.10. The number of fused-ring (bicyclic) bond motifs is 1. The molecule has 3 heterocycles. The molecule has 112 valence electrons. The van der Waals surface area contributed by atoms with Gasteiger partial charge in [-0.05, 0) is 28.8 Å². The van der Waals surface area contributed by atoms with Gasteiger partial charge in [0.15, 0.2) is 0 Å². The zero-order valence-electron chi connectivity index (χ0n) is 12.1. The van der Waals surface area contributed by atoms with Gasteiger partial charge in [0.05, 0.1) is 12.5 Å². The third-order valence-corrected chi connectivity index (χ3v) is 5.24. The number of hydrogen-bond donors (Lipinski definition) is 0. The van der Waals surface area contributed by atoms with Crippen molar-refractivity contribution in [2.24, 2.45) is 0 Å². The van der Waals surface area contributed by atoms with Crippen molar-refractivity contribution >= 4 is 27.3 Å². The van der Waals surface area contributed by atoms with E-state index >= 15 is 0 Å². The van der Waals surface area contributed by atoms with Gasteiger partial charge in [-0.25, -0.2) is 9.67 Å². The van der Waals surface area contributed by atoms with Crippen molar-refractivity contribution in [3.63, 3.8) is 0 Å². The summed E-state index contributed by atoms with van der Waals surface area (Å²) in [6, 6.07) is 8.51. The number of nitrogens with zero attached hydrogens (tertiary/aromatic N) is 4. The fraction of sp³-hybridized carbons (Fsp3) is 0.312. The van der Waals surface area contributed by atoms with E-state index in [1.165, 1.54) is 10.1 Å². The summed E-state index contributed by atoms with van der Waals surface area (Å²) in [4.78, 5) is 18.5. The number of carbonyl (C=O) groups excluding carboxylic acids is 1. The maximum atomic E-state index is 12.6. The number of amides is 1. The number of benzene rings is 1. The molecule has 4 rings (SSSR count). The van der Waals surface area contributed by atoms with Crippen molar-refractivity contribution in [2.75, 3.05) is 13.1 Å². The molecule has 1 unspecified atom stereocenters. The molecule has 1 saturated heterocycles. The number of likely N-dealkylation sites (tertiary alicyclic amines) is 1. The van der Waals surface area contributed by atoms with Gasteiger partial charge in [-0.2, -0.15) is 5.10 Å². The Balaban J connectivity index is 1.47. The Morgan fingerprint density at radius 3 is 3.14 bits per heavy atom. The highest BCUT2D eigenvalue weighted by molar-refractivity contribution is 7.17. The van der Waals surface area contributed by atoms with Crippen LogP contribution in [0.25, 0.3) is 10.1 Å². The Hall–Kier alpha value is -2.21. The minimum absolute atomic E-state index is 0.200. The van der Waals surface area contributed by atoms with E-state index in [4.69, 9.17) is 0 Å². The average Bonchev–Trinajstić information content (AvgIpc) is 3.28. The minimum atomic E-state index is 0.200. The predicted molar refractivity (Wildman–Crippen MR) is 85.8 cm³/mol. The molecule has 0 N–H and O–H groups in total. The van der Waals surface area contributed by atoms with E-state index < -0.39 is 0 Å². The summed E-state index contributed by atoms with van der Waals surface area (Å²) in [7, 11) is 0. The van der Waals surface area contributed by atoms with E-state index in [0.29, 0.717) is 6.42 Å². The monoisotopic (exact) mass is 312 g/mol. The molecule has 0 spiro atoms. The van der Waals surface area contributed by atoms with Crippen molar-refractivity contribution in [2.45, 2.75) is 18.9 Å². The van der Waals surface area contributed by atoms with Gasteiger partial charge < -0.3 is 4.90 Å². The van der Waals surface area contributed by atoms with E-state index in [-0.39, 0.29) is 11.9 Å². The zero-order valence-corrected chi connectivity index (χ0v) is 12.9. The normalized spacial score (nSPS) is 18.2. The van der Waals surface area contributed by atoms with Gasteiger partial charge in [0.25, 0.3) is 0 Å². The van der Waals surface area contributed by atoms with Crippen molar-refractivity contribution in [1.29, 1.82) is 0 Å². The number of rotatable bonds is 3. The van der Waals surface area contributed by atoms with E-state index in [1.807, 2.05) is 21.7 Å². The molecule has 0 radical (unpaired) electrons. The number of hydrogen-bond acceptors (Lipinski definition) is 4. The number of thiophene rings is 1. The fourth-order valence-electron chi connectivity index (χ4n) is 3.03. The van der Waals surface area contributed by atoms with Crippen LogP contribution >= 0.6 is 11.3 Å². The fourth-order valence-corrected chi connectivity index (χ4v) is 4.00. The van der Waals surface area contributed by atoms with Crippen molar-refractivity contribution in [3.8, 4) is 0 Å². The van der Waals surface area contributed by atoms with Crippen LogP contribution in [0.15, 0.2) is 42.3 Å². The summed E-state index contributed by atoms with van der Waals surface area (Å²) in [6.45, 7) is 1.52. The highest BCUT2D eigenvalue weighted by atomic mass is 32.1. The molecular formula is C16H16N4OS. The molecule has 1 aromatic carbocycles. The molecule has 3 aromatic rings. The van der Waals surface area contributed by atoms with Gasteiger partial charge in [0.1, 0.15) is 12.7 Å². The smallest absolute Gasteiger partial charge is 0.227 e. The lowest BCUT2D eigenvalue weighted by Crippen LogP contribution is -2.30. The maximum absolute atomic E-state index is 12.6. The van der Waals surface area contributed by atoms with E-state index in [1.54, 1.807) is 24.0 Å². The lowest BCUT2D eigenvalue weighted by molar-refractivity contribution is -0.129. The number of aromatic nitrogens is 3. The second kappa shape index (κ2) is 5.53. The van der Waals surface area contributed by atoms with E-state index in [2.05, 4.69) is 27.6 Å². The van der Waals surface area contributed by atoms with Crippen LogP contribution in [0.4, 0.5) is 0 Å². The van der Waals surface area contributed by atoms with Gasteiger partial charge in [0.2, 0.25) is 5.91 Å². The molecule has 5 nitrogen and oxygen atoms in total. The lowest BCUT2D eigenvalue weighted by Gasteiger charge is -2.16. The third-order valence-electron chi connectivity index (χ3n) is 4.23. The minimum Gasteiger partial charge on any atom is -0.340 e. The first kappa shape index (κ1) is 13.5. The van der Waals surface area contributed by atoms with Gasteiger partial charge >= 0.3 is 0 Å². The number of carbonyl (C=O) groups is 1. The first-order chi connectivity index (χ1) is 10.8. The Bertz CT molecular complexity index is 795. The lowest BCUT2D eigenvalue weighted by atomic mass is 10.1. The summed E-state index contributed by atoms with van der Waals surface area (Å²) in [6.07, 6.45) is 4.70. The second-order valence-electron chi connectivity index (χ2n) is 5.59. The van der Waals surface area contributed by atoms with Crippen molar-refractivity contribution < 1.29 is 4.79 Å². The van der Waals surface area contributed by atoms with Gasteiger partial charge in [-0.3, -0.25) is 4.79 Å². The second-order valence-corrected chi connectivity index (χ2v) is 6.50. The van der Waals surface area contributed by atoms with Gasteiger partial charge in [-0.1, -0.05) is 18.2 Å². The molecule has 1 aliphatic rings. The highest BCUT2D eigenvalue weighted by Gasteiger charge is 2.28. The third kappa shape index (κ3) is 2.39. The van der Waals surface area contributed by atoms with E-state index in [0.717, 1.165) is 25.1 Å². The quantitative estimate of drug-likeness (QED) is 0.746. The molecule has 1 atom stereocenters. The summed E-state index contributed by atoms with van der Waals surface area (Å²) in [5.41, 5.74) is 1.13. The SMILES string of the molecule is O=C(Cc1csc2ccccc12)N1CCC(n2cncn2)C1. The molecule has 6 heteroatoms. The molecule has 0 saturated carbocycles. The first-order valence-corrected chi connectivity index (χ1v) is 8.26. The highest BCUT2D eigenvalue weighted by Crippen LogP contribution is 2.27. The Kier molecular flexibility index (Phi) is 3.38. The first-order valence-electron chi connectivity index (χ1n) is 7.38.